The van der Waals surface area contributed by atoms with Crippen molar-refractivity contribution in [2.75, 3.05) is 11.4 Å². The summed E-state index contributed by atoms with van der Waals surface area (Å²) in [6.07, 6.45) is 5.13. The standard InChI is InChI=1S/C26H28ClN3OS/c1-6-17-8-10-19(11-9-17)28-25-29-24(31)23(32-25)13-18-12-20-16(3)15-26(4,5)30(7-2)22(20)14-21(18)27/h8-15H,6-7H2,1-5H3,(H,28,29,31)/b23-13+. The monoisotopic (exact) mass is 465 g/mol. The molecule has 1 fully saturated rings. The van der Waals surface area contributed by atoms with Gasteiger partial charge in [-0.05, 0) is 92.9 Å². The van der Waals surface area contributed by atoms with E-state index >= 15 is 0 Å². The number of hydrogen-bond donors (Lipinski definition) is 1. The zero-order chi connectivity index (χ0) is 23.0. The van der Waals surface area contributed by atoms with Crippen molar-refractivity contribution in [2.45, 2.75) is 46.6 Å². The number of nitrogens with one attached hydrogen (secondary N) is 1. The Labute approximate surface area is 199 Å². The summed E-state index contributed by atoms with van der Waals surface area (Å²) in [5, 5.41) is 4.07. The number of hydrogen-bond acceptors (Lipinski definition) is 4. The molecule has 1 amide bonds. The molecule has 4 rings (SSSR count). The Morgan fingerprint density at radius 1 is 1.19 bits per heavy atom. The topological polar surface area (TPSA) is 44.7 Å². The van der Waals surface area contributed by atoms with Crippen LogP contribution in [0.2, 0.25) is 5.02 Å². The number of halogens is 1. The molecule has 0 atom stereocenters. The summed E-state index contributed by atoms with van der Waals surface area (Å²) >= 11 is 8.02. The summed E-state index contributed by atoms with van der Waals surface area (Å²) in [5.74, 6) is -0.156. The maximum Gasteiger partial charge on any atom is 0.264 e. The minimum Gasteiger partial charge on any atom is -0.363 e. The molecular formula is C26H28ClN3OS. The van der Waals surface area contributed by atoms with Crippen LogP contribution in [0.4, 0.5) is 11.4 Å². The number of carbonyl (C=O) groups excluding carboxylic acids is 1. The number of allylic oxidation sites excluding steroid dienone is 1. The number of aryl methyl sites for hydroxylation is 1. The molecule has 1 saturated heterocycles. The molecule has 0 radical (unpaired) electrons. The fourth-order valence-corrected chi connectivity index (χ4v) is 5.39. The molecule has 0 aliphatic carbocycles. The molecule has 0 saturated carbocycles. The van der Waals surface area contributed by atoms with Gasteiger partial charge in [0.05, 0.1) is 16.1 Å². The smallest absolute Gasteiger partial charge is 0.264 e. The van der Waals surface area contributed by atoms with Crippen molar-refractivity contribution in [3.05, 3.63) is 69.1 Å². The Balaban J connectivity index is 1.65. The van der Waals surface area contributed by atoms with E-state index in [2.05, 4.69) is 74.1 Å². The molecule has 4 nitrogen and oxygen atoms in total. The highest BCUT2D eigenvalue weighted by Gasteiger charge is 2.31. The normalized spacial score (nSPS) is 19.9. The van der Waals surface area contributed by atoms with Crippen LogP contribution in [-0.2, 0) is 11.2 Å². The minimum atomic E-state index is -0.156. The van der Waals surface area contributed by atoms with Crippen LogP contribution >= 0.6 is 23.4 Å². The second kappa shape index (κ2) is 8.80. The van der Waals surface area contributed by atoms with E-state index in [9.17, 15) is 4.79 Å². The van der Waals surface area contributed by atoms with Crippen molar-refractivity contribution in [1.82, 2.24) is 5.32 Å². The summed E-state index contributed by atoms with van der Waals surface area (Å²) in [5.41, 5.74) is 6.33. The molecule has 2 aliphatic rings. The van der Waals surface area contributed by atoms with Crippen LogP contribution in [-0.4, -0.2) is 23.2 Å². The number of thioether (sulfide) groups is 1. The molecular weight excluding hydrogens is 438 g/mol. The van der Waals surface area contributed by atoms with Gasteiger partial charge in [0.2, 0.25) is 0 Å². The third-order valence-electron chi connectivity index (χ3n) is 5.92. The van der Waals surface area contributed by atoms with Crippen LogP contribution in [0, 0.1) is 0 Å². The van der Waals surface area contributed by atoms with Crippen molar-refractivity contribution < 1.29 is 4.79 Å². The maximum absolute atomic E-state index is 12.6. The van der Waals surface area contributed by atoms with Gasteiger partial charge < -0.3 is 10.2 Å². The number of rotatable bonds is 4. The minimum absolute atomic E-state index is 0.0724. The zero-order valence-corrected chi connectivity index (χ0v) is 20.7. The van der Waals surface area contributed by atoms with Crippen molar-refractivity contribution in [1.29, 1.82) is 0 Å². The number of benzene rings is 2. The summed E-state index contributed by atoms with van der Waals surface area (Å²) in [6, 6.07) is 12.2. The number of nitrogens with zero attached hydrogens (tertiary/aromatic N) is 2. The highest BCUT2D eigenvalue weighted by molar-refractivity contribution is 8.18. The average molecular weight is 466 g/mol. The first-order valence-electron chi connectivity index (χ1n) is 10.9. The lowest BCUT2D eigenvalue weighted by Gasteiger charge is -2.43. The van der Waals surface area contributed by atoms with E-state index in [1.807, 2.05) is 24.3 Å². The molecule has 0 bridgehead atoms. The van der Waals surface area contributed by atoms with Crippen LogP contribution < -0.4 is 10.2 Å². The fraction of sp³-hybridized carbons (Fsp3) is 0.308. The number of carbonyl (C=O) groups is 1. The summed E-state index contributed by atoms with van der Waals surface area (Å²) in [4.78, 5) is 20.1. The van der Waals surface area contributed by atoms with Crippen LogP contribution in [0.1, 0.15) is 51.3 Å². The number of amides is 1. The Morgan fingerprint density at radius 3 is 2.56 bits per heavy atom. The van der Waals surface area contributed by atoms with Gasteiger partial charge in [0.25, 0.3) is 5.91 Å². The maximum atomic E-state index is 12.6. The number of likely N-dealkylation sites (N-methyl/N-ethyl adjacent to an activating group) is 1. The van der Waals surface area contributed by atoms with Crippen molar-refractivity contribution in [3.63, 3.8) is 0 Å². The quantitative estimate of drug-likeness (QED) is 0.504. The lowest BCUT2D eigenvalue weighted by atomic mass is 9.88. The summed E-state index contributed by atoms with van der Waals surface area (Å²) < 4.78 is 0. The molecule has 2 aliphatic heterocycles. The Morgan fingerprint density at radius 2 is 1.91 bits per heavy atom. The van der Waals surface area contributed by atoms with Crippen molar-refractivity contribution in [3.8, 4) is 0 Å². The SMILES string of the molecule is CCc1ccc(N=C2NC(=O)/C(=C\c3cc4c(cc3Cl)N(CC)C(C)(C)C=C4C)S2)cc1. The van der Waals surface area contributed by atoms with Crippen LogP contribution in [0.3, 0.4) is 0 Å². The van der Waals surface area contributed by atoms with E-state index in [0.29, 0.717) is 15.1 Å². The zero-order valence-electron chi connectivity index (χ0n) is 19.1. The molecule has 1 N–H and O–H groups in total. The van der Waals surface area contributed by atoms with E-state index in [1.165, 1.54) is 22.9 Å². The molecule has 166 valence electrons. The second-order valence-electron chi connectivity index (χ2n) is 8.62. The van der Waals surface area contributed by atoms with Gasteiger partial charge in [0, 0.05) is 22.8 Å². The molecule has 0 unspecified atom stereocenters. The number of aliphatic imine (C=N–C) groups is 1. The molecule has 32 heavy (non-hydrogen) atoms. The molecule has 0 spiro atoms. The lowest BCUT2D eigenvalue weighted by molar-refractivity contribution is -0.115. The Bertz CT molecular complexity index is 1160. The van der Waals surface area contributed by atoms with Crippen LogP contribution in [0.5, 0.6) is 0 Å². The third kappa shape index (κ3) is 4.37. The van der Waals surface area contributed by atoms with Gasteiger partial charge in [-0.2, -0.15) is 0 Å². The van der Waals surface area contributed by atoms with Gasteiger partial charge in [-0.25, -0.2) is 4.99 Å². The molecule has 2 aromatic rings. The van der Waals surface area contributed by atoms with Gasteiger partial charge in [-0.1, -0.05) is 36.7 Å². The van der Waals surface area contributed by atoms with Gasteiger partial charge in [-0.15, -0.1) is 0 Å². The van der Waals surface area contributed by atoms with Crippen LogP contribution in [0.25, 0.3) is 11.6 Å². The first kappa shape index (κ1) is 22.7. The molecule has 0 aromatic heterocycles. The average Bonchev–Trinajstić information content (AvgIpc) is 3.08. The highest BCUT2D eigenvalue weighted by atomic mass is 35.5. The Kier molecular flexibility index (Phi) is 6.24. The molecule has 2 aromatic carbocycles. The van der Waals surface area contributed by atoms with E-state index in [4.69, 9.17) is 11.6 Å². The number of amidine groups is 1. The van der Waals surface area contributed by atoms with E-state index in [-0.39, 0.29) is 11.4 Å². The third-order valence-corrected chi connectivity index (χ3v) is 7.16. The van der Waals surface area contributed by atoms with E-state index < -0.39 is 0 Å². The predicted molar refractivity (Wildman–Crippen MR) is 139 cm³/mol. The van der Waals surface area contributed by atoms with Crippen LogP contribution in [0.15, 0.2) is 52.4 Å². The Hall–Kier alpha value is -2.50. The van der Waals surface area contributed by atoms with Crippen molar-refractivity contribution >= 4 is 57.5 Å². The summed E-state index contributed by atoms with van der Waals surface area (Å²) in [7, 11) is 0. The summed E-state index contributed by atoms with van der Waals surface area (Å²) in [6.45, 7) is 11.7. The lowest BCUT2D eigenvalue weighted by Crippen LogP contribution is -2.44. The fourth-order valence-electron chi connectivity index (χ4n) is 4.35. The molecule has 2 heterocycles. The van der Waals surface area contributed by atoms with Gasteiger partial charge in [0.15, 0.2) is 5.17 Å². The largest absolute Gasteiger partial charge is 0.363 e. The predicted octanol–water partition coefficient (Wildman–Crippen LogP) is 6.82. The van der Waals surface area contributed by atoms with Gasteiger partial charge >= 0.3 is 0 Å². The molecule has 6 heteroatoms. The first-order valence-corrected chi connectivity index (χ1v) is 12.1. The second-order valence-corrected chi connectivity index (χ2v) is 10.1. The van der Waals surface area contributed by atoms with Crippen molar-refractivity contribution in [2.24, 2.45) is 4.99 Å². The first-order chi connectivity index (χ1) is 15.2. The van der Waals surface area contributed by atoms with E-state index in [1.54, 1.807) is 0 Å². The number of anilines is 1. The highest BCUT2D eigenvalue weighted by Crippen LogP contribution is 2.42. The van der Waals surface area contributed by atoms with Gasteiger partial charge in [0.1, 0.15) is 0 Å². The van der Waals surface area contributed by atoms with E-state index in [0.717, 1.165) is 35.5 Å². The van der Waals surface area contributed by atoms with Gasteiger partial charge in [-0.3, -0.25) is 4.79 Å². The number of fused-ring (bicyclic) bond motifs is 1.